The first-order valence-corrected chi connectivity index (χ1v) is 7.02. The van der Waals surface area contributed by atoms with E-state index in [9.17, 15) is 9.59 Å². The van der Waals surface area contributed by atoms with Crippen LogP contribution < -0.4 is 5.63 Å². The summed E-state index contributed by atoms with van der Waals surface area (Å²) in [6.45, 7) is 8.15. The van der Waals surface area contributed by atoms with Crippen molar-refractivity contribution in [3.05, 3.63) is 46.3 Å². The van der Waals surface area contributed by atoms with Gasteiger partial charge in [-0.1, -0.05) is 39.0 Å². The van der Waals surface area contributed by atoms with Crippen molar-refractivity contribution in [1.29, 1.82) is 0 Å². The molecule has 1 aromatic heterocycles. The molecule has 112 valence electrons. The fourth-order valence-corrected chi connectivity index (χ4v) is 2.16. The summed E-state index contributed by atoms with van der Waals surface area (Å²) in [7, 11) is 1.72. The van der Waals surface area contributed by atoms with Crippen LogP contribution in [0.1, 0.15) is 38.1 Å². The topological polar surface area (TPSA) is 50.5 Å². The van der Waals surface area contributed by atoms with Gasteiger partial charge in [-0.25, -0.2) is 4.79 Å². The Hall–Kier alpha value is -2.10. The van der Waals surface area contributed by atoms with Crippen molar-refractivity contribution in [2.24, 2.45) is 5.41 Å². The van der Waals surface area contributed by atoms with Gasteiger partial charge in [0.2, 0.25) is 0 Å². The molecule has 0 aliphatic carbocycles. The second kappa shape index (κ2) is 5.35. The van der Waals surface area contributed by atoms with E-state index in [2.05, 4.69) is 20.8 Å². The zero-order valence-corrected chi connectivity index (χ0v) is 13.1. The number of para-hydroxylation sites is 1. The van der Waals surface area contributed by atoms with Gasteiger partial charge in [-0.15, -0.1) is 0 Å². The quantitative estimate of drug-likeness (QED) is 0.796. The van der Waals surface area contributed by atoms with E-state index in [1.807, 2.05) is 19.1 Å². The Balaban J connectivity index is 2.44. The van der Waals surface area contributed by atoms with Crippen molar-refractivity contribution >= 4 is 16.9 Å². The number of rotatable bonds is 2. The summed E-state index contributed by atoms with van der Waals surface area (Å²) in [5.74, 6) is -0.308. The maximum atomic E-state index is 12.6. The average molecular weight is 287 g/mol. The number of hydrogen-bond donors (Lipinski definition) is 0. The predicted molar refractivity (Wildman–Crippen MR) is 83.5 cm³/mol. The Kier molecular flexibility index (Phi) is 3.90. The molecule has 0 aliphatic heterocycles. The molecule has 0 saturated heterocycles. The second-order valence-corrected chi connectivity index (χ2v) is 6.44. The molecule has 1 heterocycles. The minimum atomic E-state index is -0.591. The van der Waals surface area contributed by atoms with Crippen molar-refractivity contribution in [1.82, 2.24) is 4.90 Å². The minimum Gasteiger partial charge on any atom is -0.422 e. The van der Waals surface area contributed by atoms with Gasteiger partial charge >= 0.3 is 5.63 Å². The van der Waals surface area contributed by atoms with E-state index in [0.717, 1.165) is 5.39 Å². The first-order valence-electron chi connectivity index (χ1n) is 7.02. The van der Waals surface area contributed by atoms with Crippen molar-refractivity contribution in [3.63, 3.8) is 0 Å². The van der Waals surface area contributed by atoms with Crippen LogP contribution in [0.15, 0.2) is 39.5 Å². The third-order valence-corrected chi connectivity index (χ3v) is 4.03. The lowest BCUT2D eigenvalue weighted by Crippen LogP contribution is -2.44. The first kappa shape index (κ1) is 15.3. The molecule has 2 aromatic rings. The standard InChI is InChI=1S/C17H21NO3/c1-11(17(2,3)4)18(5)15(19)13-10-12-8-6-7-9-14(12)21-16(13)20/h6-11H,1-5H3. The van der Waals surface area contributed by atoms with Crippen LogP contribution in [0.2, 0.25) is 0 Å². The van der Waals surface area contributed by atoms with Crippen LogP contribution in [0.25, 0.3) is 11.0 Å². The Morgan fingerprint density at radius 3 is 2.48 bits per heavy atom. The van der Waals surface area contributed by atoms with E-state index in [1.54, 1.807) is 30.1 Å². The van der Waals surface area contributed by atoms with Gasteiger partial charge in [-0.05, 0) is 24.5 Å². The third kappa shape index (κ3) is 2.99. The Bertz CT molecular complexity index is 725. The van der Waals surface area contributed by atoms with Gasteiger partial charge in [-0.2, -0.15) is 0 Å². The summed E-state index contributed by atoms with van der Waals surface area (Å²) in [5.41, 5.74) is -0.0916. The molecule has 2 rings (SSSR count). The van der Waals surface area contributed by atoms with Gasteiger partial charge in [0, 0.05) is 18.5 Å². The molecule has 1 amide bonds. The largest absolute Gasteiger partial charge is 0.422 e. The summed E-state index contributed by atoms with van der Waals surface area (Å²) in [6.07, 6.45) is 0. The maximum Gasteiger partial charge on any atom is 0.349 e. The van der Waals surface area contributed by atoms with Crippen molar-refractivity contribution in [3.8, 4) is 0 Å². The number of hydrogen-bond acceptors (Lipinski definition) is 3. The molecule has 0 saturated carbocycles. The number of benzene rings is 1. The molecular weight excluding hydrogens is 266 g/mol. The summed E-state index contributed by atoms with van der Waals surface area (Å²) < 4.78 is 5.23. The summed E-state index contributed by atoms with van der Waals surface area (Å²) in [4.78, 5) is 26.2. The van der Waals surface area contributed by atoms with Gasteiger partial charge in [0.05, 0.1) is 0 Å². The van der Waals surface area contributed by atoms with Crippen LogP contribution in [0, 0.1) is 5.41 Å². The summed E-state index contributed by atoms with van der Waals surface area (Å²) in [5, 5.41) is 0.747. The van der Waals surface area contributed by atoms with Crippen molar-refractivity contribution in [2.45, 2.75) is 33.7 Å². The molecular formula is C17H21NO3. The van der Waals surface area contributed by atoms with Crippen molar-refractivity contribution in [2.75, 3.05) is 7.05 Å². The number of carbonyl (C=O) groups excluding carboxylic acids is 1. The Labute approximate surface area is 124 Å². The fourth-order valence-electron chi connectivity index (χ4n) is 2.16. The van der Waals surface area contributed by atoms with Crippen LogP contribution in [0.4, 0.5) is 0 Å². The number of fused-ring (bicyclic) bond motifs is 1. The Morgan fingerprint density at radius 1 is 1.24 bits per heavy atom. The lowest BCUT2D eigenvalue weighted by Gasteiger charge is -2.35. The average Bonchev–Trinajstić information content (AvgIpc) is 2.43. The molecule has 0 spiro atoms. The highest BCUT2D eigenvalue weighted by atomic mass is 16.4. The smallest absolute Gasteiger partial charge is 0.349 e. The third-order valence-electron chi connectivity index (χ3n) is 4.03. The second-order valence-electron chi connectivity index (χ2n) is 6.44. The fraction of sp³-hybridized carbons (Fsp3) is 0.412. The zero-order chi connectivity index (χ0) is 15.8. The highest BCUT2D eigenvalue weighted by Crippen LogP contribution is 2.24. The van der Waals surface area contributed by atoms with Gasteiger partial charge in [0.1, 0.15) is 11.1 Å². The van der Waals surface area contributed by atoms with E-state index in [0.29, 0.717) is 5.58 Å². The lowest BCUT2D eigenvalue weighted by atomic mass is 9.87. The number of carbonyl (C=O) groups is 1. The predicted octanol–water partition coefficient (Wildman–Crippen LogP) is 3.30. The SMILES string of the molecule is CC(N(C)C(=O)c1cc2ccccc2oc1=O)C(C)(C)C. The number of amides is 1. The molecule has 21 heavy (non-hydrogen) atoms. The van der Waals surface area contributed by atoms with Gasteiger partial charge < -0.3 is 9.32 Å². The van der Waals surface area contributed by atoms with E-state index >= 15 is 0 Å². The molecule has 0 bridgehead atoms. The van der Waals surface area contributed by atoms with Crippen molar-refractivity contribution < 1.29 is 9.21 Å². The molecule has 0 N–H and O–H groups in total. The van der Waals surface area contributed by atoms with Gasteiger partial charge in [0.25, 0.3) is 5.91 Å². The molecule has 0 aliphatic rings. The van der Waals surface area contributed by atoms with E-state index in [1.165, 1.54) is 0 Å². The molecule has 0 radical (unpaired) electrons. The number of nitrogens with zero attached hydrogens (tertiary/aromatic N) is 1. The van der Waals surface area contributed by atoms with Gasteiger partial charge in [-0.3, -0.25) is 4.79 Å². The maximum absolute atomic E-state index is 12.6. The highest BCUT2D eigenvalue weighted by molar-refractivity contribution is 5.96. The van der Waals surface area contributed by atoms with Crippen LogP contribution in [0.5, 0.6) is 0 Å². The van der Waals surface area contributed by atoms with Gasteiger partial charge in [0.15, 0.2) is 0 Å². The van der Waals surface area contributed by atoms with Crippen LogP contribution in [-0.4, -0.2) is 23.9 Å². The normalized spacial score (nSPS) is 13.2. The van der Waals surface area contributed by atoms with E-state index in [-0.39, 0.29) is 22.9 Å². The molecule has 0 fully saturated rings. The zero-order valence-electron chi connectivity index (χ0n) is 13.1. The lowest BCUT2D eigenvalue weighted by molar-refractivity contribution is 0.0625. The van der Waals surface area contributed by atoms with E-state index in [4.69, 9.17) is 4.42 Å². The van der Waals surface area contributed by atoms with E-state index < -0.39 is 5.63 Å². The summed E-state index contributed by atoms with van der Waals surface area (Å²) in [6, 6.07) is 8.78. The molecule has 1 unspecified atom stereocenters. The van der Waals surface area contributed by atoms with Crippen LogP contribution >= 0.6 is 0 Å². The monoisotopic (exact) mass is 287 g/mol. The van der Waals surface area contributed by atoms with Crippen LogP contribution in [0.3, 0.4) is 0 Å². The molecule has 1 atom stereocenters. The highest BCUT2D eigenvalue weighted by Gasteiger charge is 2.29. The minimum absolute atomic E-state index is 0.00382. The summed E-state index contributed by atoms with van der Waals surface area (Å²) >= 11 is 0. The van der Waals surface area contributed by atoms with Crippen LogP contribution in [-0.2, 0) is 0 Å². The first-order chi connectivity index (χ1) is 9.71. The molecule has 1 aromatic carbocycles. The molecule has 4 heteroatoms. The Morgan fingerprint density at radius 2 is 1.86 bits per heavy atom. The molecule has 4 nitrogen and oxygen atoms in total.